The van der Waals surface area contributed by atoms with Crippen LogP contribution in [-0.4, -0.2) is 42.5 Å². The van der Waals surface area contributed by atoms with Crippen molar-refractivity contribution in [3.05, 3.63) is 45.6 Å². The van der Waals surface area contributed by atoms with Gasteiger partial charge in [0.05, 0.1) is 4.88 Å². The zero-order valence-corrected chi connectivity index (χ0v) is 18.6. The maximum atomic E-state index is 12.8. The Hall–Kier alpha value is -2.24. The van der Waals surface area contributed by atoms with E-state index >= 15 is 0 Å². The minimum atomic E-state index is -3.79. The zero-order valence-electron chi connectivity index (χ0n) is 15.4. The first-order valence-electron chi connectivity index (χ1n) is 8.86. The second-order valence-corrected chi connectivity index (χ2v) is 10.4. The molecule has 1 aromatic carbocycles. The summed E-state index contributed by atoms with van der Waals surface area (Å²) in [5, 5.41) is 3.87. The number of likely N-dealkylation sites (tertiary alicyclic amines) is 1. The predicted octanol–water partition coefficient (Wildman–Crippen LogP) is 3.91. The summed E-state index contributed by atoms with van der Waals surface area (Å²) in [6, 6.07) is 8.39. The van der Waals surface area contributed by atoms with E-state index in [1.165, 1.54) is 17.4 Å². The van der Waals surface area contributed by atoms with Gasteiger partial charge in [-0.25, -0.2) is 8.42 Å². The number of rotatable bonds is 5. The summed E-state index contributed by atoms with van der Waals surface area (Å²) in [7, 11) is -3.79. The van der Waals surface area contributed by atoms with Gasteiger partial charge in [0.2, 0.25) is 5.82 Å². The molecule has 1 fully saturated rings. The number of carbonyl (C=O) groups is 1. The van der Waals surface area contributed by atoms with Crippen LogP contribution in [0.1, 0.15) is 28.4 Å². The highest BCUT2D eigenvalue weighted by Gasteiger charge is 2.27. The van der Waals surface area contributed by atoms with Crippen molar-refractivity contribution in [2.24, 2.45) is 0 Å². The van der Waals surface area contributed by atoms with E-state index in [4.69, 9.17) is 4.52 Å². The van der Waals surface area contributed by atoms with Crippen molar-refractivity contribution in [1.82, 2.24) is 15.0 Å². The molecule has 1 aliphatic rings. The zero-order chi connectivity index (χ0) is 20.6. The maximum Gasteiger partial charge on any atom is 0.316 e. The molecule has 0 saturated carbocycles. The molecule has 3 aromatic rings. The largest absolute Gasteiger partial charge is 0.334 e. The van der Waals surface area contributed by atoms with E-state index in [1.54, 1.807) is 30.0 Å². The lowest BCUT2D eigenvalue weighted by atomic mass is 10.3. The van der Waals surface area contributed by atoms with Gasteiger partial charge in [0, 0.05) is 28.1 Å². The van der Waals surface area contributed by atoms with Gasteiger partial charge in [-0.1, -0.05) is 27.2 Å². The molecular formula is C18H17BrN4O4S2. The van der Waals surface area contributed by atoms with Gasteiger partial charge in [0.25, 0.3) is 10.0 Å². The first-order valence-corrected chi connectivity index (χ1v) is 11.9. The molecule has 152 valence electrons. The number of benzene rings is 1. The van der Waals surface area contributed by atoms with Gasteiger partial charge in [-0.15, -0.1) is 11.3 Å². The van der Waals surface area contributed by atoms with E-state index in [1.807, 2.05) is 6.07 Å². The maximum absolute atomic E-state index is 12.8. The van der Waals surface area contributed by atoms with Gasteiger partial charge in [0.1, 0.15) is 4.90 Å². The third-order valence-corrected chi connectivity index (χ3v) is 7.64. The van der Waals surface area contributed by atoms with Crippen LogP contribution in [0.2, 0.25) is 0 Å². The Morgan fingerprint density at radius 1 is 1.28 bits per heavy atom. The van der Waals surface area contributed by atoms with Crippen LogP contribution in [0.4, 0.5) is 5.69 Å². The lowest BCUT2D eigenvalue weighted by Gasteiger charge is -2.10. The van der Waals surface area contributed by atoms with Crippen LogP contribution in [-0.2, 0) is 10.0 Å². The van der Waals surface area contributed by atoms with Crippen LogP contribution in [0.3, 0.4) is 0 Å². The Balaban J connectivity index is 1.58. The summed E-state index contributed by atoms with van der Waals surface area (Å²) in [6.07, 6.45) is 1.92. The number of sulfonamides is 1. The van der Waals surface area contributed by atoms with Gasteiger partial charge >= 0.3 is 11.8 Å². The number of hydrogen-bond acceptors (Lipinski definition) is 7. The van der Waals surface area contributed by atoms with E-state index in [9.17, 15) is 13.2 Å². The van der Waals surface area contributed by atoms with Gasteiger partial charge < -0.3 is 9.42 Å². The Morgan fingerprint density at radius 2 is 2.03 bits per heavy atom. The summed E-state index contributed by atoms with van der Waals surface area (Å²) >= 11 is 4.55. The number of hydrogen-bond donors (Lipinski definition) is 1. The highest BCUT2D eigenvalue weighted by Crippen LogP contribution is 2.33. The smallest absolute Gasteiger partial charge is 0.316 e. The van der Waals surface area contributed by atoms with E-state index in [0.717, 1.165) is 17.3 Å². The molecule has 1 amide bonds. The van der Waals surface area contributed by atoms with Gasteiger partial charge in [0.15, 0.2) is 0 Å². The standard InChI is InChI=1S/C18H17BrN4O4S2/c1-11-15(29(25,26)22-13-6-4-5-12(19)9-13)10-14(28-11)16-20-17(27-21-16)18(24)23-7-2-3-8-23/h4-6,9-10,22H,2-3,7-8H2,1H3. The lowest BCUT2D eigenvalue weighted by Crippen LogP contribution is -2.27. The Labute approximate surface area is 180 Å². The van der Waals surface area contributed by atoms with Gasteiger partial charge in [-0.05, 0) is 44.0 Å². The fraction of sp³-hybridized carbons (Fsp3) is 0.278. The van der Waals surface area contributed by atoms with Crippen molar-refractivity contribution in [2.45, 2.75) is 24.7 Å². The fourth-order valence-corrected chi connectivity index (χ4v) is 6.04. The summed E-state index contributed by atoms with van der Waals surface area (Å²) in [4.78, 5) is 19.5. The lowest BCUT2D eigenvalue weighted by molar-refractivity contribution is 0.0743. The second kappa shape index (κ2) is 7.88. The molecule has 0 radical (unpaired) electrons. The van der Waals surface area contributed by atoms with Crippen LogP contribution in [0.15, 0.2) is 44.2 Å². The molecular weight excluding hydrogens is 480 g/mol. The van der Waals surface area contributed by atoms with Gasteiger partial charge in [-0.3, -0.25) is 9.52 Å². The molecule has 29 heavy (non-hydrogen) atoms. The summed E-state index contributed by atoms with van der Waals surface area (Å²) < 4.78 is 34.1. The molecule has 1 N–H and O–H groups in total. The SMILES string of the molecule is Cc1sc(-c2noc(C(=O)N3CCCC3)n2)cc1S(=O)(=O)Nc1cccc(Br)c1. The molecule has 0 spiro atoms. The third-order valence-electron chi connectivity index (χ3n) is 4.46. The van der Waals surface area contributed by atoms with Crippen molar-refractivity contribution >= 4 is 48.9 Å². The van der Waals surface area contributed by atoms with Crippen molar-refractivity contribution < 1.29 is 17.7 Å². The summed E-state index contributed by atoms with van der Waals surface area (Å²) in [6.45, 7) is 3.07. The number of amides is 1. The molecule has 0 atom stereocenters. The first-order chi connectivity index (χ1) is 13.8. The molecule has 8 nitrogen and oxygen atoms in total. The minimum Gasteiger partial charge on any atom is -0.334 e. The van der Waals surface area contributed by atoms with Crippen molar-refractivity contribution in [3.63, 3.8) is 0 Å². The van der Waals surface area contributed by atoms with E-state index in [-0.39, 0.29) is 22.5 Å². The number of anilines is 1. The third kappa shape index (κ3) is 4.21. The number of nitrogens with one attached hydrogen (secondary N) is 1. The Kier molecular flexibility index (Phi) is 5.45. The van der Waals surface area contributed by atoms with E-state index in [0.29, 0.717) is 28.5 Å². The number of nitrogens with zero attached hydrogens (tertiary/aromatic N) is 3. The number of thiophene rings is 1. The van der Waals surface area contributed by atoms with Crippen molar-refractivity contribution in [1.29, 1.82) is 0 Å². The number of carbonyl (C=O) groups excluding carboxylic acids is 1. The predicted molar refractivity (Wildman–Crippen MR) is 112 cm³/mol. The highest BCUT2D eigenvalue weighted by atomic mass is 79.9. The Morgan fingerprint density at radius 3 is 2.76 bits per heavy atom. The van der Waals surface area contributed by atoms with Crippen LogP contribution in [0.25, 0.3) is 10.7 Å². The molecule has 4 rings (SSSR count). The van der Waals surface area contributed by atoms with E-state index in [2.05, 4.69) is 30.8 Å². The molecule has 3 heterocycles. The molecule has 0 unspecified atom stereocenters. The average molecular weight is 497 g/mol. The van der Waals surface area contributed by atoms with Crippen LogP contribution >= 0.6 is 27.3 Å². The highest BCUT2D eigenvalue weighted by molar-refractivity contribution is 9.10. The number of aryl methyl sites for hydroxylation is 1. The van der Waals surface area contributed by atoms with Gasteiger partial charge in [-0.2, -0.15) is 4.98 Å². The monoisotopic (exact) mass is 496 g/mol. The average Bonchev–Trinajstić information content (AvgIpc) is 3.41. The van der Waals surface area contributed by atoms with Crippen molar-refractivity contribution in [2.75, 3.05) is 17.8 Å². The number of halogens is 1. The second-order valence-electron chi connectivity index (χ2n) is 6.57. The topological polar surface area (TPSA) is 105 Å². The van der Waals surface area contributed by atoms with E-state index < -0.39 is 10.0 Å². The van der Waals surface area contributed by atoms with Crippen LogP contribution in [0.5, 0.6) is 0 Å². The normalized spacial score (nSPS) is 14.3. The first kappa shape index (κ1) is 20.0. The molecule has 1 saturated heterocycles. The number of aromatic nitrogens is 2. The summed E-state index contributed by atoms with van der Waals surface area (Å²) in [5.41, 5.74) is 0.449. The molecule has 0 bridgehead atoms. The minimum absolute atomic E-state index is 0.0791. The van der Waals surface area contributed by atoms with Crippen LogP contribution < -0.4 is 4.72 Å². The van der Waals surface area contributed by atoms with Crippen molar-refractivity contribution in [3.8, 4) is 10.7 Å². The Bertz CT molecular complexity index is 1170. The van der Waals surface area contributed by atoms with Crippen LogP contribution in [0, 0.1) is 6.92 Å². The fourth-order valence-electron chi connectivity index (χ4n) is 3.07. The molecule has 1 aliphatic heterocycles. The molecule has 11 heteroatoms. The summed E-state index contributed by atoms with van der Waals surface area (Å²) in [5.74, 6) is -0.173. The quantitative estimate of drug-likeness (QED) is 0.573. The molecule has 2 aromatic heterocycles. The molecule has 0 aliphatic carbocycles.